The van der Waals surface area contributed by atoms with E-state index >= 15 is 0 Å². The van der Waals surface area contributed by atoms with Gasteiger partial charge >= 0.3 is 0 Å². The Morgan fingerprint density at radius 1 is 1.35 bits per heavy atom. The minimum Gasteiger partial charge on any atom is -0.353 e. The second-order valence-electron chi connectivity index (χ2n) is 4.85. The molecule has 1 aromatic rings. The molecule has 1 saturated carbocycles. The summed E-state index contributed by atoms with van der Waals surface area (Å²) in [6.45, 7) is 4.37. The van der Waals surface area contributed by atoms with E-state index in [0.29, 0.717) is 17.7 Å². The van der Waals surface area contributed by atoms with Crippen molar-refractivity contribution in [3.63, 3.8) is 0 Å². The highest BCUT2D eigenvalue weighted by atomic mass is 32.2. The molecule has 1 amide bonds. The van der Waals surface area contributed by atoms with Gasteiger partial charge in [-0.1, -0.05) is 26.0 Å². The van der Waals surface area contributed by atoms with Gasteiger partial charge in [-0.05, 0) is 36.5 Å². The molecule has 0 bridgehead atoms. The Balaban J connectivity index is 1.79. The summed E-state index contributed by atoms with van der Waals surface area (Å²) in [5, 5.41) is 2.99. The minimum atomic E-state index is 0.158. The maximum atomic E-state index is 11.5. The smallest absolute Gasteiger partial charge is 0.230 e. The lowest BCUT2D eigenvalue weighted by Crippen LogP contribution is -2.26. The summed E-state index contributed by atoms with van der Waals surface area (Å²) in [7, 11) is 0. The Bertz CT molecular complexity index is 382. The van der Waals surface area contributed by atoms with E-state index in [-0.39, 0.29) is 5.91 Å². The van der Waals surface area contributed by atoms with Gasteiger partial charge in [-0.3, -0.25) is 4.79 Å². The first-order chi connectivity index (χ1) is 8.15. The first kappa shape index (κ1) is 12.5. The SMILES string of the molecule is CC(C)c1ccc(SCC(=O)NC2CC2)cc1. The van der Waals surface area contributed by atoms with Gasteiger partial charge in [0.25, 0.3) is 0 Å². The van der Waals surface area contributed by atoms with E-state index in [1.165, 1.54) is 10.5 Å². The van der Waals surface area contributed by atoms with Gasteiger partial charge in [0, 0.05) is 10.9 Å². The van der Waals surface area contributed by atoms with Crippen molar-refractivity contribution in [2.24, 2.45) is 0 Å². The number of thioether (sulfide) groups is 1. The van der Waals surface area contributed by atoms with Crippen molar-refractivity contribution in [3.05, 3.63) is 29.8 Å². The fourth-order valence-electron chi connectivity index (χ4n) is 1.59. The van der Waals surface area contributed by atoms with E-state index in [1.807, 2.05) is 0 Å². The fraction of sp³-hybridized carbons (Fsp3) is 0.500. The van der Waals surface area contributed by atoms with E-state index in [0.717, 1.165) is 12.8 Å². The Kier molecular flexibility index (Phi) is 4.11. The summed E-state index contributed by atoms with van der Waals surface area (Å²) in [4.78, 5) is 12.7. The number of hydrogen-bond acceptors (Lipinski definition) is 2. The van der Waals surface area contributed by atoms with Crippen LogP contribution >= 0.6 is 11.8 Å². The van der Waals surface area contributed by atoms with Crippen LogP contribution in [0, 0.1) is 0 Å². The quantitative estimate of drug-likeness (QED) is 0.812. The molecule has 0 aliphatic heterocycles. The molecule has 0 saturated heterocycles. The van der Waals surface area contributed by atoms with Crippen molar-refractivity contribution in [3.8, 4) is 0 Å². The minimum absolute atomic E-state index is 0.158. The molecule has 2 rings (SSSR count). The Morgan fingerprint density at radius 2 is 2.00 bits per heavy atom. The van der Waals surface area contributed by atoms with Gasteiger partial charge in [0.15, 0.2) is 0 Å². The third-order valence-corrected chi connectivity index (χ3v) is 3.87. The molecule has 0 unspecified atom stereocenters. The van der Waals surface area contributed by atoms with E-state index < -0.39 is 0 Å². The fourth-order valence-corrected chi connectivity index (χ4v) is 2.30. The molecule has 3 heteroatoms. The zero-order chi connectivity index (χ0) is 12.3. The normalized spacial score (nSPS) is 15.0. The largest absolute Gasteiger partial charge is 0.353 e. The third-order valence-electron chi connectivity index (χ3n) is 2.86. The monoisotopic (exact) mass is 249 g/mol. The average Bonchev–Trinajstić information content (AvgIpc) is 3.11. The summed E-state index contributed by atoms with van der Waals surface area (Å²) in [5.74, 6) is 1.25. The number of nitrogens with one attached hydrogen (secondary N) is 1. The zero-order valence-electron chi connectivity index (χ0n) is 10.4. The van der Waals surface area contributed by atoms with Gasteiger partial charge in [-0.15, -0.1) is 11.8 Å². The van der Waals surface area contributed by atoms with E-state index in [9.17, 15) is 4.79 Å². The van der Waals surface area contributed by atoms with Crippen LogP contribution in [-0.2, 0) is 4.79 Å². The molecule has 0 heterocycles. The highest BCUT2D eigenvalue weighted by molar-refractivity contribution is 8.00. The molecule has 0 aromatic heterocycles. The lowest BCUT2D eigenvalue weighted by molar-refractivity contribution is -0.118. The number of carbonyl (C=O) groups is 1. The van der Waals surface area contributed by atoms with Crippen LogP contribution in [0.1, 0.15) is 38.2 Å². The van der Waals surface area contributed by atoms with Gasteiger partial charge < -0.3 is 5.32 Å². The van der Waals surface area contributed by atoms with E-state index in [2.05, 4.69) is 43.4 Å². The van der Waals surface area contributed by atoms with Crippen molar-refractivity contribution in [1.82, 2.24) is 5.32 Å². The van der Waals surface area contributed by atoms with Crippen molar-refractivity contribution in [2.45, 2.75) is 43.5 Å². The first-order valence-corrected chi connectivity index (χ1v) is 7.16. The molecule has 1 N–H and O–H groups in total. The Hall–Kier alpha value is -0.960. The molecule has 1 aromatic carbocycles. The van der Waals surface area contributed by atoms with Gasteiger partial charge in [-0.25, -0.2) is 0 Å². The van der Waals surface area contributed by atoms with Crippen molar-refractivity contribution in [2.75, 3.05) is 5.75 Å². The molecule has 1 aliphatic rings. The van der Waals surface area contributed by atoms with Crippen LogP contribution in [-0.4, -0.2) is 17.7 Å². The number of carbonyl (C=O) groups excluding carboxylic acids is 1. The second-order valence-corrected chi connectivity index (χ2v) is 5.90. The van der Waals surface area contributed by atoms with Crippen molar-refractivity contribution >= 4 is 17.7 Å². The number of amides is 1. The maximum absolute atomic E-state index is 11.5. The standard InChI is InChI=1S/C14H19NOS/c1-10(2)11-3-7-13(8-4-11)17-9-14(16)15-12-5-6-12/h3-4,7-8,10,12H,5-6,9H2,1-2H3,(H,15,16). The Labute approximate surface area is 107 Å². The number of rotatable bonds is 5. The van der Waals surface area contributed by atoms with Crippen LogP contribution in [0.15, 0.2) is 29.2 Å². The molecule has 0 atom stereocenters. The van der Waals surface area contributed by atoms with E-state index in [4.69, 9.17) is 0 Å². The lowest BCUT2D eigenvalue weighted by atomic mass is 10.0. The van der Waals surface area contributed by atoms with Gasteiger partial charge in [-0.2, -0.15) is 0 Å². The summed E-state index contributed by atoms with van der Waals surface area (Å²) in [6.07, 6.45) is 2.30. The van der Waals surface area contributed by atoms with E-state index in [1.54, 1.807) is 11.8 Å². The van der Waals surface area contributed by atoms with Gasteiger partial charge in [0.2, 0.25) is 5.91 Å². The number of hydrogen-bond donors (Lipinski definition) is 1. The van der Waals surface area contributed by atoms with Gasteiger partial charge in [0.1, 0.15) is 0 Å². The highest BCUT2D eigenvalue weighted by Crippen LogP contribution is 2.22. The maximum Gasteiger partial charge on any atom is 0.230 e. The predicted octanol–water partition coefficient (Wildman–Crippen LogP) is 3.18. The molecule has 0 radical (unpaired) electrons. The molecule has 2 nitrogen and oxygen atoms in total. The summed E-state index contributed by atoms with van der Waals surface area (Å²) in [5.41, 5.74) is 1.34. The van der Waals surface area contributed by atoms with Crippen LogP contribution in [0.3, 0.4) is 0 Å². The number of benzene rings is 1. The van der Waals surface area contributed by atoms with Gasteiger partial charge in [0.05, 0.1) is 5.75 Å². The average molecular weight is 249 g/mol. The molecular weight excluding hydrogens is 230 g/mol. The van der Waals surface area contributed by atoms with Crippen molar-refractivity contribution in [1.29, 1.82) is 0 Å². The Morgan fingerprint density at radius 3 is 2.53 bits per heavy atom. The molecular formula is C14H19NOS. The molecule has 17 heavy (non-hydrogen) atoms. The van der Waals surface area contributed by atoms with Crippen LogP contribution in [0.5, 0.6) is 0 Å². The summed E-state index contributed by atoms with van der Waals surface area (Å²) < 4.78 is 0. The van der Waals surface area contributed by atoms with Crippen LogP contribution < -0.4 is 5.32 Å². The summed E-state index contributed by atoms with van der Waals surface area (Å²) in [6, 6.07) is 8.96. The molecule has 0 spiro atoms. The topological polar surface area (TPSA) is 29.1 Å². The second kappa shape index (κ2) is 5.58. The van der Waals surface area contributed by atoms with Crippen LogP contribution in [0.2, 0.25) is 0 Å². The van der Waals surface area contributed by atoms with Crippen LogP contribution in [0.4, 0.5) is 0 Å². The van der Waals surface area contributed by atoms with Crippen LogP contribution in [0.25, 0.3) is 0 Å². The lowest BCUT2D eigenvalue weighted by Gasteiger charge is -2.07. The first-order valence-electron chi connectivity index (χ1n) is 6.17. The third kappa shape index (κ3) is 4.08. The van der Waals surface area contributed by atoms with Crippen molar-refractivity contribution < 1.29 is 4.79 Å². The zero-order valence-corrected chi connectivity index (χ0v) is 11.2. The predicted molar refractivity (Wildman–Crippen MR) is 72.4 cm³/mol. The molecule has 1 aliphatic carbocycles. The molecule has 1 fully saturated rings. The summed E-state index contributed by atoms with van der Waals surface area (Å²) >= 11 is 1.61. The highest BCUT2D eigenvalue weighted by Gasteiger charge is 2.22. The molecule has 92 valence electrons.